The van der Waals surface area contributed by atoms with E-state index in [9.17, 15) is 15.3 Å². The predicted octanol–water partition coefficient (Wildman–Crippen LogP) is -1.72. The summed E-state index contributed by atoms with van der Waals surface area (Å²) in [5.41, 5.74) is 5.38. The van der Waals surface area contributed by atoms with Gasteiger partial charge in [0.1, 0.15) is 0 Å². The maximum absolute atomic E-state index is 10.1. The molecule has 0 aliphatic carbocycles. The third-order valence-corrected chi connectivity index (χ3v) is 3.99. The highest BCUT2D eigenvalue weighted by atomic mass is 16.5. The molecule has 6 nitrogen and oxygen atoms in total. The lowest BCUT2D eigenvalue weighted by Crippen LogP contribution is -2.51. The Hall–Kier alpha value is -0.240. The van der Waals surface area contributed by atoms with Gasteiger partial charge in [-0.3, -0.25) is 4.90 Å². The largest absolute Gasteiger partial charge is 0.391 e. The summed E-state index contributed by atoms with van der Waals surface area (Å²) in [5.74, 6) is 0. The molecule has 0 spiro atoms. The van der Waals surface area contributed by atoms with Crippen LogP contribution >= 0.6 is 0 Å². The Labute approximate surface area is 107 Å². The van der Waals surface area contributed by atoms with Crippen molar-refractivity contribution in [2.24, 2.45) is 5.73 Å². The number of ether oxygens (including phenoxy) is 1. The van der Waals surface area contributed by atoms with Gasteiger partial charge in [0.25, 0.3) is 0 Å². The van der Waals surface area contributed by atoms with E-state index in [1.807, 2.05) is 4.90 Å². The molecule has 2 rings (SSSR count). The van der Waals surface area contributed by atoms with Crippen LogP contribution in [0, 0.1) is 0 Å². The summed E-state index contributed by atoms with van der Waals surface area (Å²) in [4.78, 5) is 1.99. The van der Waals surface area contributed by atoms with E-state index in [-0.39, 0.29) is 12.1 Å². The van der Waals surface area contributed by atoms with Crippen molar-refractivity contribution in [3.63, 3.8) is 0 Å². The van der Waals surface area contributed by atoms with E-state index in [1.54, 1.807) is 0 Å². The zero-order valence-corrected chi connectivity index (χ0v) is 10.6. The van der Waals surface area contributed by atoms with E-state index in [2.05, 4.69) is 0 Å². The first-order valence-corrected chi connectivity index (χ1v) is 6.74. The number of hydrogen-bond acceptors (Lipinski definition) is 6. The second-order valence-electron chi connectivity index (χ2n) is 5.20. The standard InChI is InChI=1S/C12H24N2O4/c13-4-2-6-18-7-8-11(16)12(17)10-9(15)3-1-5-14(8)10/h8-12,15-17H,1-7,13H2/t8-,9+,10+,11+,12-/m0/s1. The van der Waals surface area contributed by atoms with Gasteiger partial charge in [-0.2, -0.15) is 0 Å². The summed E-state index contributed by atoms with van der Waals surface area (Å²) in [6.45, 7) is 2.32. The normalized spacial score (nSPS) is 41.0. The molecular formula is C12H24N2O4. The second kappa shape index (κ2) is 6.27. The van der Waals surface area contributed by atoms with Crippen molar-refractivity contribution >= 4 is 0 Å². The van der Waals surface area contributed by atoms with Crippen LogP contribution in [0.15, 0.2) is 0 Å². The van der Waals surface area contributed by atoms with Gasteiger partial charge in [0.2, 0.25) is 0 Å². The molecule has 2 saturated heterocycles. The van der Waals surface area contributed by atoms with Crippen molar-refractivity contribution in [3.05, 3.63) is 0 Å². The fraction of sp³-hybridized carbons (Fsp3) is 1.00. The lowest BCUT2D eigenvalue weighted by Gasteiger charge is -2.37. The maximum atomic E-state index is 10.1. The zero-order valence-electron chi connectivity index (χ0n) is 10.6. The van der Waals surface area contributed by atoms with Crippen LogP contribution in [0.2, 0.25) is 0 Å². The monoisotopic (exact) mass is 260 g/mol. The fourth-order valence-corrected chi connectivity index (χ4v) is 3.04. The summed E-state index contributed by atoms with van der Waals surface area (Å²) in [6, 6.07) is -0.574. The van der Waals surface area contributed by atoms with E-state index in [1.165, 1.54) is 0 Å². The van der Waals surface area contributed by atoms with Crippen molar-refractivity contribution in [1.82, 2.24) is 4.90 Å². The first-order valence-electron chi connectivity index (χ1n) is 6.74. The third kappa shape index (κ3) is 2.68. The highest BCUT2D eigenvalue weighted by Gasteiger charge is 2.51. The molecule has 0 bridgehead atoms. The molecule has 0 radical (unpaired) electrons. The van der Waals surface area contributed by atoms with Gasteiger partial charge >= 0.3 is 0 Å². The van der Waals surface area contributed by atoms with E-state index in [4.69, 9.17) is 10.5 Å². The molecule has 106 valence electrons. The van der Waals surface area contributed by atoms with Crippen molar-refractivity contribution in [3.8, 4) is 0 Å². The number of nitrogens with two attached hydrogens (primary N) is 1. The summed E-state index contributed by atoms with van der Waals surface area (Å²) in [7, 11) is 0. The molecule has 0 aromatic carbocycles. The minimum Gasteiger partial charge on any atom is -0.391 e. The van der Waals surface area contributed by atoms with Crippen LogP contribution in [-0.2, 0) is 4.74 Å². The Kier molecular flexibility index (Phi) is 4.94. The molecule has 0 saturated carbocycles. The van der Waals surface area contributed by atoms with Gasteiger partial charge in [0.15, 0.2) is 0 Å². The van der Waals surface area contributed by atoms with E-state index < -0.39 is 18.3 Å². The quantitative estimate of drug-likeness (QED) is 0.439. The number of fused-ring (bicyclic) bond motifs is 1. The van der Waals surface area contributed by atoms with Crippen LogP contribution in [0.3, 0.4) is 0 Å². The van der Waals surface area contributed by atoms with Crippen LogP contribution in [0.4, 0.5) is 0 Å². The average molecular weight is 260 g/mol. The maximum Gasteiger partial charge on any atom is 0.0995 e. The molecule has 0 amide bonds. The van der Waals surface area contributed by atoms with Gasteiger partial charge in [-0.15, -0.1) is 0 Å². The van der Waals surface area contributed by atoms with Crippen LogP contribution in [0.1, 0.15) is 19.3 Å². The number of hydrogen-bond donors (Lipinski definition) is 4. The Morgan fingerprint density at radius 2 is 2.00 bits per heavy atom. The molecular weight excluding hydrogens is 236 g/mol. The fourth-order valence-electron chi connectivity index (χ4n) is 3.04. The van der Waals surface area contributed by atoms with Crippen molar-refractivity contribution in [2.75, 3.05) is 26.3 Å². The molecule has 0 unspecified atom stereocenters. The topological polar surface area (TPSA) is 99.2 Å². The molecule has 5 atom stereocenters. The molecule has 18 heavy (non-hydrogen) atoms. The summed E-state index contributed by atoms with van der Waals surface area (Å²) in [6.07, 6.45) is 0.0703. The van der Waals surface area contributed by atoms with Crippen molar-refractivity contribution in [2.45, 2.75) is 49.7 Å². The van der Waals surface area contributed by atoms with E-state index in [0.29, 0.717) is 26.2 Å². The van der Waals surface area contributed by atoms with E-state index in [0.717, 1.165) is 19.4 Å². The zero-order chi connectivity index (χ0) is 13.1. The molecule has 6 heteroatoms. The first-order chi connectivity index (χ1) is 8.66. The van der Waals surface area contributed by atoms with Crippen molar-refractivity contribution in [1.29, 1.82) is 0 Å². The summed E-state index contributed by atoms with van der Waals surface area (Å²) in [5, 5.41) is 30.0. The lowest BCUT2D eigenvalue weighted by atomic mass is 9.97. The van der Waals surface area contributed by atoms with Gasteiger partial charge in [-0.1, -0.05) is 0 Å². The minimum atomic E-state index is -0.886. The van der Waals surface area contributed by atoms with Crippen molar-refractivity contribution < 1.29 is 20.1 Å². The second-order valence-corrected chi connectivity index (χ2v) is 5.20. The summed E-state index contributed by atoms with van der Waals surface area (Å²) < 4.78 is 5.49. The van der Waals surface area contributed by atoms with Gasteiger partial charge in [0.05, 0.1) is 37.0 Å². The molecule has 2 aliphatic rings. The molecule has 0 aromatic heterocycles. The first kappa shape index (κ1) is 14.2. The molecule has 2 heterocycles. The minimum absolute atomic E-state index is 0.224. The van der Waals surface area contributed by atoms with Crippen LogP contribution < -0.4 is 5.73 Å². The van der Waals surface area contributed by atoms with Gasteiger partial charge in [0, 0.05) is 6.61 Å². The third-order valence-electron chi connectivity index (χ3n) is 3.99. The van der Waals surface area contributed by atoms with Crippen LogP contribution in [0.5, 0.6) is 0 Å². The SMILES string of the molecule is NCCCOC[C@H]1[C@@H](O)[C@@H](O)[C@H]2[C@H](O)CCCN21. The number of piperidine rings is 1. The number of nitrogens with zero attached hydrogens (tertiary/aromatic N) is 1. The Morgan fingerprint density at radius 3 is 2.72 bits per heavy atom. The Morgan fingerprint density at radius 1 is 1.22 bits per heavy atom. The van der Waals surface area contributed by atoms with Gasteiger partial charge in [-0.05, 0) is 32.4 Å². The predicted molar refractivity (Wildman–Crippen MR) is 66.0 cm³/mol. The number of aliphatic hydroxyl groups excluding tert-OH is 3. The lowest BCUT2D eigenvalue weighted by molar-refractivity contribution is -0.0316. The van der Waals surface area contributed by atoms with Gasteiger partial charge in [-0.25, -0.2) is 0 Å². The highest BCUT2D eigenvalue weighted by Crippen LogP contribution is 2.32. The smallest absolute Gasteiger partial charge is 0.0995 e. The Bertz CT molecular complexity index is 266. The van der Waals surface area contributed by atoms with Crippen LogP contribution in [0.25, 0.3) is 0 Å². The number of aliphatic hydroxyl groups is 3. The Balaban J connectivity index is 1.93. The number of rotatable bonds is 5. The summed E-state index contributed by atoms with van der Waals surface area (Å²) >= 11 is 0. The van der Waals surface area contributed by atoms with Gasteiger partial charge < -0.3 is 25.8 Å². The molecule has 0 aromatic rings. The van der Waals surface area contributed by atoms with Crippen LogP contribution in [-0.4, -0.2) is 76.9 Å². The molecule has 2 aliphatic heterocycles. The molecule has 2 fully saturated rings. The molecule has 5 N–H and O–H groups in total. The van der Waals surface area contributed by atoms with E-state index >= 15 is 0 Å². The highest BCUT2D eigenvalue weighted by molar-refractivity contribution is 5.05. The average Bonchev–Trinajstić information content (AvgIpc) is 2.60.